The molecule has 21 heteroatoms. The molecule has 0 aliphatic rings. The SMILES string of the molecule is Cc1cc(Nc2nc(NCCCOC(C)OC(C)OCCCNc3nc(Nc4cc(C)cc5cc(C)c(N=Nc6ccccc6C)c(O)c45)[nH]c(=O)n3)nc(=O)[nH]2)c2c(O)c(N=Nc3ccccc3C)c(C)cc2c1. The van der Waals surface area contributed by atoms with Gasteiger partial charge in [-0.25, -0.2) is 9.59 Å². The highest BCUT2D eigenvalue weighted by molar-refractivity contribution is 6.04. The molecule has 0 fully saturated rings. The fourth-order valence-electron chi connectivity index (χ4n) is 8.30. The van der Waals surface area contributed by atoms with Crippen molar-refractivity contribution in [3.8, 4) is 11.5 Å². The van der Waals surface area contributed by atoms with E-state index >= 15 is 0 Å². The fourth-order valence-corrected chi connectivity index (χ4v) is 8.30. The normalized spacial score (nSPS) is 12.5. The minimum atomic E-state index is -0.618. The number of rotatable bonds is 22. The molecule has 2 unspecified atom stereocenters. The first-order valence-electron chi connectivity index (χ1n) is 24.4. The Bertz CT molecular complexity index is 3310. The smallest absolute Gasteiger partial charge is 0.351 e. The molecule has 8 rings (SSSR count). The molecule has 0 aliphatic carbocycles. The van der Waals surface area contributed by atoms with Crippen LogP contribution >= 0.6 is 0 Å². The van der Waals surface area contributed by atoms with Crippen molar-refractivity contribution in [3.63, 3.8) is 0 Å². The van der Waals surface area contributed by atoms with Gasteiger partial charge in [-0.1, -0.05) is 48.5 Å². The Hall–Kier alpha value is -8.66. The highest BCUT2D eigenvalue weighted by Crippen LogP contribution is 2.45. The average molecular weight is 1020 g/mol. The lowest BCUT2D eigenvalue weighted by molar-refractivity contribution is -0.231. The van der Waals surface area contributed by atoms with E-state index < -0.39 is 24.0 Å². The third-order valence-corrected chi connectivity index (χ3v) is 11.9. The lowest BCUT2D eigenvalue weighted by Crippen LogP contribution is -2.24. The molecule has 0 amide bonds. The van der Waals surface area contributed by atoms with E-state index in [1.165, 1.54) is 0 Å². The molecular formula is C54H60N14O7. The van der Waals surface area contributed by atoms with Crippen LogP contribution in [0.1, 0.15) is 60.1 Å². The number of ether oxygens (including phenoxy) is 3. The summed E-state index contributed by atoms with van der Waals surface area (Å²) in [6.07, 6.45) is -0.0891. The number of anilines is 6. The number of hydrogen-bond donors (Lipinski definition) is 8. The van der Waals surface area contributed by atoms with Crippen LogP contribution in [-0.2, 0) is 14.2 Å². The highest BCUT2D eigenvalue weighted by Gasteiger charge is 2.19. The predicted octanol–water partition coefficient (Wildman–Crippen LogP) is 11.6. The summed E-state index contributed by atoms with van der Waals surface area (Å²) in [5.41, 5.74) is 7.07. The van der Waals surface area contributed by atoms with Crippen LogP contribution in [-0.4, -0.2) is 79.0 Å². The fraction of sp³-hybridized carbons (Fsp3) is 0.296. The van der Waals surface area contributed by atoms with E-state index in [1.807, 2.05) is 126 Å². The number of hydrogen-bond acceptors (Lipinski definition) is 19. The van der Waals surface area contributed by atoms with Gasteiger partial charge in [-0.3, -0.25) is 9.97 Å². The molecule has 2 aromatic heterocycles. The van der Waals surface area contributed by atoms with E-state index in [2.05, 4.69) is 71.6 Å². The first-order valence-corrected chi connectivity index (χ1v) is 24.4. The van der Waals surface area contributed by atoms with Crippen LogP contribution in [0.25, 0.3) is 21.5 Å². The van der Waals surface area contributed by atoms with Crippen molar-refractivity contribution >= 4 is 79.5 Å². The Labute approximate surface area is 432 Å². The van der Waals surface area contributed by atoms with Gasteiger partial charge in [0.2, 0.25) is 23.8 Å². The number of aromatic nitrogens is 6. The Morgan fingerprint density at radius 2 is 0.960 bits per heavy atom. The molecule has 8 N–H and O–H groups in total. The quantitative estimate of drug-likeness (QED) is 0.0178. The van der Waals surface area contributed by atoms with Gasteiger partial charge in [-0.05, 0) is 149 Å². The Kier molecular flexibility index (Phi) is 16.8. The van der Waals surface area contributed by atoms with Gasteiger partial charge in [0, 0.05) is 23.9 Å². The molecule has 0 aliphatic heterocycles. The second kappa shape index (κ2) is 23.9. The van der Waals surface area contributed by atoms with Gasteiger partial charge in [0.25, 0.3) is 0 Å². The van der Waals surface area contributed by atoms with Crippen molar-refractivity contribution in [1.29, 1.82) is 0 Å². The first kappa shape index (κ1) is 52.7. The van der Waals surface area contributed by atoms with Crippen molar-refractivity contribution in [1.82, 2.24) is 29.9 Å². The zero-order valence-electron chi connectivity index (χ0n) is 43.0. The van der Waals surface area contributed by atoms with Crippen molar-refractivity contribution in [2.45, 2.75) is 80.8 Å². The van der Waals surface area contributed by atoms with Crippen molar-refractivity contribution in [3.05, 3.63) is 139 Å². The zero-order valence-corrected chi connectivity index (χ0v) is 43.0. The van der Waals surface area contributed by atoms with Crippen molar-refractivity contribution in [2.75, 3.05) is 47.6 Å². The summed E-state index contributed by atoms with van der Waals surface area (Å²) < 4.78 is 17.5. The third-order valence-electron chi connectivity index (χ3n) is 11.9. The Morgan fingerprint density at radius 3 is 1.37 bits per heavy atom. The predicted molar refractivity (Wildman–Crippen MR) is 291 cm³/mol. The number of aromatic hydroxyl groups is 2. The number of aryl methyl sites for hydroxylation is 6. The molecule has 75 heavy (non-hydrogen) atoms. The number of nitrogens with zero attached hydrogens (tertiary/aromatic N) is 8. The summed E-state index contributed by atoms with van der Waals surface area (Å²) in [7, 11) is 0. The van der Waals surface area contributed by atoms with Gasteiger partial charge in [0.1, 0.15) is 11.4 Å². The summed E-state index contributed by atoms with van der Waals surface area (Å²) in [5.74, 6) is 0.344. The summed E-state index contributed by atoms with van der Waals surface area (Å²) in [6.45, 7) is 16.5. The molecule has 21 nitrogen and oxygen atoms in total. The monoisotopic (exact) mass is 1020 g/mol. The second-order valence-corrected chi connectivity index (χ2v) is 18.1. The first-order chi connectivity index (χ1) is 36.1. The number of phenols is 2. The summed E-state index contributed by atoms with van der Waals surface area (Å²) in [4.78, 5) is 47.4. The van der Waals surface area contributed by atoms with Crippen LogP contribution in [0, 0.1) is 41.5 Å². The second-order valence-electron chi connectivity index (χ2n) is 18.1. The maximum absolute atomic E-state index is 12.6. The van der Waals surface area contributed by atoms with Gasteiger partial charge in [0.05, 0.1) is 36.0 Å². The standard InChI is InChI=1S/C54H60N14O7/c1-29-23-37-27-33(5)45(67-65-39-17-11-9-15-31(39)3)47(69)43(37)41(25-29)57-51-59-49(61-53(71)63-51)55-19-13-21-73-35(7)75-36(8)74-22-14-20-56-50-60-52(64-54(72)62-50)58-42-26-30(2)24-38-28-34(6)46(48(70)44(38)42)68-66-40-18-12-10-16-32(40)4/h9-12,15-18,23-28,35-36,69-70H,13-14,19-22H2,1-8H3,(H3,55,57,59,61,63,71)(H3,56,58,60,62,64,72). The van der Waals surface area contributed by atoms with Gasteiger partial charge in [-0.15, -0.1) is 10.2 Å². The molecule has 388 valence electrons. The zero-order chi connectivity index (χ0) is 53.2. The molecule has 2 atom stereocenters. The van der Waals surface area contributed by atoms with E-state index in [9.17, 15) is 19.8 Å². The largest absolute Gasteiger partial charge is 0.505 e. The number of aromatic amines is 2. The summed E-state index contributed by atoms with van der Waals surface area (Å²) in [6, 6.07) is 26.7. The van der Waals surface area contributed by atoms with Gasteiger partial charge >= 0.3 is 11.4 Å². The molecular weight excluding hydrogens is 957 g/mol. The third kappa shape index (κ3) is 13.5. The van der Waals surface area contributed by atoms with Crippen LogP contribution in [0.3, 0.4) is 0 Å². The van der Waals surface area contributed by atoms with E-state index in [0.29, 0.717) is 84.0 Å². The van der Waals surface area contributed by atoms with Crippen LogP contribution in [0.15, 0.2) is 115 Å². The van der Waals surface area contributed by atoms with Crippen molar-refractivity contribution < 1.29 is 24.4 Å². The lowest BCUT2D eigenvalue weighted by Gasteiger charge is -2.20. The number of phenolic OH excluding ortho intramolecular Hbond substituents is 2. The molecule has 6 aromatic carbocycles. The molecule has 0 bridgehead atoms. The number of nitrogens with one attached hydrogen (secondary N) is 6. The van der Waals surface area contributed by atoms with Crippen LogP contribution < -0.4 is 32.6 Å². The molecule has 8 aromatic rings. The molecule has 0 radical (unpaired) electrons. The molecule has 0 saturated carbocycles. The Morgan fingerprint density at radius 1 is 0.547 bits per heavy atom. The molecule has 2 heterocycles. The number of benzene rings is 6. The maximum atomic E-state index is 12.6. The topological polar surface area (TPSA) is 283 Å². The average Bonchev–Trinajstić information content (AvgIpc) is 3.34. The van der Waals surface area contributed by atoms with Crippen molar-refractivity contribution in [2.24, 2.45) is 20.5 Å². The minimum Gasteiger partial charge on any atom is -0.505 e. The van der Waals surface area contributed by atoms with E-state index in [1.54, 1.807) is 13.8 Å². The molecule has 0 spiro atoms. The van der Waals surface area contributed by atoms with E-state index in [0.717, 1.165) is 44.2 Å². The number of fused-ring (bicyclic) bond motifs is 2. The lowest BCUT2D eigenvalue weighted by atomic mass is 10.0. The highest BCUT2D eigenvalue weighted by atomic mass is 16.8. The van der Waals surface area contributed by atoms with Gasteiger partial charge < -0.3 is 45.7 Å². The number of H-pyrrole nitrogens is 2. The van der Waals surface area contributed by atoms with Crippen LogP contribution in [0.5, 0.6) is 11.5 Å². The van der Waals surface area contributed by atoms with E-state index in [-0.39, 0.29) is 35.3 Å². The molecule has 0 saturated heterocycles. The Balaban J connectivity index is 0.781. The minimum absolute atomic E-state index is 0.0592. The van der Waals surface area contributed by atoms with Crippen LogP contribution in [0.2, 0.25) is 0 Å². The van der Waals surface area contributed by atoms with Gasteiger partial charge in [0.15, 0.2) is 24.1 Å². The van der Waals surface area contributed by atoms with Gasteiger partial charge in [-0.2, -0.15) is 30.2 Å². The van der Waals surface area contributed by atoms with Crippen LogP contribution in [0.4, 0.5) is 57.9 Å². The maximum Gasteiger partial charge on any atom is 0.351 e. The summed E-state index contributed by atoms with van der Waals surface area (Å²) >= 11 is 0. The summed E-state index contributed by atoms with van der Waals surface area (Å²) in [5, 5.41) is 55.7. The van der Waals surface area contributed by atoms with E-state index in [4.69, 9.17) is 14.2 Å². The number of azo groups is 2.